The zero-order valence-electron chi connectivity index (χ0n) is 25.8. The van der Waals surface area contributed by atoms with Gasteiger partial charge >= 0.3 is 17.5 Å². The Balaban J connectivity index is 1.18. The van der Waals surface area contributed by atoms with Crippen molar-refractivity contribution in [3.05, 3.63) is 67.0 Å². The number of rotatable bonds is 5. The predicted molar refractivity (Wildman–Crippen MR) is 167 cm³/mol. The highest BCUT2D eigenvalue weighted by molar-refractivity contribution is 5.91. The molecule has 7 rings (SSSR count). The van der Waals surface area contributed by atoms with Gasteiger partial charge in [0.2, 0.25) is 0 Å². The number of pyridine rings is 2. The number of nitrogens with zero attached hydrogens (tertiary/aromatic N) is 5. The number of hydrogen-bond acceptors (Lipinski definition) is 8. The molecule has 1 N–H and O–H groups in total. The number of amides is 2. The fourth-order valence-electron chi connectivity index (χ4n) is 7.90. The first-order chi connectivity index (χ1) is 21.8. The lowest BCUT2D eigenvalue weighted by Crippen LogP contribution is -2.55. The topological polar surface area (TPSA) is 140 Å². The van der Waals surface area contributed by atoms with Crippen molar-refractivity contribution in [1.82, 2.24) is 24.7 Å². The second-order valence-corrected chi connectivity index (χ2v) is 12.6. The highest BCUT2D eigenvalue weighted by Crippen LogP contribution is 2.41. The maximum absolute atomic E-state index is 13.7. The number of piperidine rings is 2. The third-order valence-corrected chi connectivity index (χ3v) is 10.4. The molecule has 6 heterocycles. The molecule has 2 amide bonds. The number of fused-ring (bicyclic) bond motifs is 5. The molecule has 0 bridgehead atoms. The van der Waals surface area contributed by atoms with Crippen LogP contribution >= 0.6 is 0 Å². The van der Waals surface area contributed by atoms with Crippen molar-refractivity contribution in [2.75, 3.05) is 26.2 Å². The molecule has 0 aliphatic carbocycles. The van der Waals surface area contributed by atoms with Gasteiger partial charge in [-0.3, -0.25) is 19.7 Å². The van der Waals surface area contributed by atoms with Gasteiger partial charge in [-0.2, -0.15) is 0 Å². The molecule has 12 heteroatoms. The molecule has 4 aliphatic rings. The van der Waals surface area contributed by atoms with E-state index in [2.05, 4.69) is 10.2 Å². The van der Waals surface area contributed by atoms with Gasteiger partial charge in [0.05, 0.1) is 29.0 Å². The number of aromatic nitrogens is 2. The molecule has 236 valence electrons. The number of hydrogen-bond donors (Lipinski definition) is 1. The Morgan fingerprint density at radius 1 is 1.09 bits per heavy atom. The van der Waals surface area contributed by atoms with Gasteiger partial charge in [-0.05, 0) is 75.0 Å². The largest absolute Gasteiger partial charge is 0.415 e. The number of carbonyl (C=O) groups is 2. The van der Waals surface area contributed by atoms with Crippen LogP contribution in [0.25, 0.3) is 22.3 Å². The number of carbonyl (C=O) groups excluding carboxylic acids is 2. The molecule has 12 nitrogen and oxygen atoms in total. The van der Waals surface area contributed by atoms with E-state index < -0.39 is 16.4 Å². The monoisotopic (exact) mass is 614 g/mol. The van der Waals surface area contributed by atoms with Crippen LogP contribution in [0.4, 0.5) is 4.79 Å². The van der Waals surface area contributed by atoms with Crippen LogP contribution < -0.4 is 15.6 Å². The minimum Gasteiger partial charge on any atom is -0.410 e. The number of nitrogens with one attached hydrogen (secondary N) is 1. The third-order valence-electron chi connectivity index (χ3n) is 10.4. The van der Waals surface area contributed by atoms with E-state index in [9.17, 15) is 24.5 Å². The Hall–Kier alpha value is -4.32. The minimum atomic E-state index is -2.03. The van der Waals surface area contributed by atoms with E-state index in [0.29, 0.717) is 48.2 Å². The van der Waals surface area contributed by atoms with Crippen LogP contribution in [0, 0.1) is 10.1 Å². The summed E-state index contributed by atoms with van der Waals surface area (Å²) >= 11 is 0. The van der Waals surface area contributed by atoms with Gasteiger partial charge in [0.25, 0.3) is 5.56 Å². The first-order valence-corrected chi connectivity index (χ1v) is 16.1. The average molecular weight is 615 g/mol. The Labute approximate surface area is 260 Å². The van der Waals surface area contributed by atoms with Crippen LogP contribution in [-0.2, 0) is 29.8 Å². The molecule has 2 fully saturated rings. The van der Waals surface area contributed by atoms with Crippen LogP contribution in [0.3, 0.4) is 0 Å². The first kappa shape index (κ1) is 29.4. The van der Waals surface area contributed by atoms with Gasteiger partial charge in [-0.25, -0.2) is 9.78 Å². The molecule has 2 saturated heterocycles. The second-order valence-electron chi connectivity index (χ2n) is 12.6. The zero-order chi connectivity index (χ0) is 31.5. The quantitative estimate of drug-likeness (QED) is 0.263. The fourth-order valence-corrected chi connectivity index (χ4v) is 7.90. The van der Waals surface area contributed by atoms with Crippen LogP contribution in [-0.4, -0.2) is 68.5 Å². The summed E-state index contributed by atoms with van der Waals surface area (Å²) in [6, 6.07) is 7.53. The summed E-state index contributed by atoms with van der Waals surface area (Å²) < 4.78 is 7.46. The maximum Gasteiger partial charge on any atom is 0.415 e. The number of aryl methyl sites for hydroxylation is 1. The van der Waals surface area contributed by atoms with E-state index in [0.717, 1.165) is 42.4 Å². The van der Waals surface area contributed by atoms with E-state index in [4.69, 9.17) is 9.72 Å². The summed E-state index contributed by atoms with van der Waals surface area (Å²) in [5.74, 6) is -0.271. The molecule has 1 atom stereocenters. The summed E-state index contributed by atoms with van der Waals surface area (Å²) in [5, 5.41) is 15.7. The Morgan fingerprint density at radius 3 is 2.53 bits per heavy atom. The van der Waals surface area contributed by atoms with Gasteiger partial charge in [0.1, 0.15) is 5.75 Å². The lowest BCUT2D eigenvalue weighted by Gasteiger charge is -2.39. The SMILES string of the molecule is CCc1c2c(nc3ccc(OC(=O)N4CCC(N5CCCCC5)CC4)cc13)-c1cc3c(c(=O)n1C2)CNC(=O)[C@@]3(CC)[N+](=O)[O-]. The van der Waals surface area contributed by atoms with Crippen LogP contribution in [0.2, 0.25) is 0 Å². The van der Waals surface area contributed by atoms with Gasteiger partial charge in [-0.15, -0.1) is 0 Å². The van der Waals surface area contributed by atoms with Crippen molar-refractivity contribution in [3.8, 4) is 17.1 Å². The van der Waals surface area contributed by atoms with Crippen LogP contribution in [0.15, 0.2) is 29.1 Å². The summed E-state index contributed by atoms with van der Waals surface area (Å²) in [4.78, 5) is 60.7. The molecule has 0 radical (unpaired) electrons. The van der Waals surface area contributed by atoms with Crippen molar-refractivity contribution in [3.63, 3.8) is 0 Å². The van der Waals surface area contributed by atoms with E-state index in [1.54, 1.807) is 34.6 Å². The van der Waals surface area contributed by atoms with Gasteiger partial charge in [0, 0.05) is 53.5 Å². The van der Waals surface area contributed by atoms with Crippen molar-refractivity contribution in [2.24, 2.45) is 0 Å². The number of ether oxygens (including phenoxy) is 1. The summed E-state index contributed by atoms with van der Waals surface area (Å²) in [5.41, 5.74) is 1.55. The normalized spacial score (nSPS) is 21.6. The van der Waals surface area contributed by atoms with Crippen molar-refractivity contribution < 1.29 is 19.2 Å². The van der Waals surface area contributed by atoms with Crippen LogP contribution in [0.1, 0.15) is 74.6 Å². The van der Waals surface area contributed by atoms with E-state index in [-0.39, 0.29) is 42.3 Å². The summed E-state index contributed by atoms with van der Waals surface area (Å²) in [6.45, 7) is 7.48. The Bertz CT molecular complexity index is 1790. The van der Waals surface area contributed by atoms with Crippen molar-refractivity contribution >= 4 is 22.9 Å². The molecular weight excluding hydrogens is 576 g/mol. The Morgan fingerprint density at radius 2 is 1.84 bits per heavy atom. The predicted octanol–water partition coefficient (Wildman–Crippen LogP) is 3.95. The zero-order valence-corrected chi connectivity index (χ0v) is 25.8. The fraction of sp³-hybridized carbons (Fsp3) is 0.515. The van der Waals surface area contributed by atoms with Gasteiger partial charge in [0.15, 0.2) is 0 Å². The highest BCUT2D eigenvalue weighted by atomic mass is 16.6. The lowest BCUT2D eigenvalue weighted by molar-refractivity contribution is -0.562. The first-order valence-electron chi connectivity index (χ1n) is 16.1. The number of benzene rings is 1. The van der Waals surface area contributed by atoms with E-state index in [1.807, 2.05) is 13.0 Å². The molecular formula is C33H38N6O6. The third kappa shape index (κ3) is 4.60. The van der Waals surface area contributed by atoms with Crippen molar-refractivity contribution in [1.29, 1.82) is 0 Å². The molecule has 0 saturated carbocycles. The lowest BCUT2D eigenvalue weighted by atomic mass is 9.81. The maximum atomic E-state index is 13.7. The molecule has 45 heavy (non-hydrogen) atoms. The standard InChI is InChI=1S/C33H38N6O6/c1-3-22-23-16-21(45-32(42)37-14-10-20(11-15-37)36-12-6-5-7-13-36)8-9-27(23)35-29-25(22)19-38-28(29)17-26-24(30(38)40)18-34-31(41)33(26,4-2)39(43)44/h8-9,16-17,20H,3-7,10-15,18-19H2,1-2H3,(H,34,41)/t33-/m0/s1. The second kappa shape index (κ2) is 11.2. The van der Waals surface area contributed by atoms with Gasteiger partial charge in [-0.1, -0.05) is 20.3 Å². The smallest absolute Gasteiger partial charge is 0.410 e. The molecule has 2 aromatic heterocycles. The molecule has 3 aromatic rings. The van der Waals surface area contributed by atoms with E-state index in [1.165, 1.54) is 19.3 Å². The van der Waals surface area contributed by atoms with Crippen LogP contribution in [0.5, 0.6) is 5.75 Å². The summed E-state index contributed by atoms with van der Waals surface area (Å²) in [6.07, 6.45) is 5.93. The van der Waals surface area contributed by atoms with Crippen molar-refractivity contribution in [2.45, 2.75) is 83.5 Å². The Kier molecular flexibility index (Phi) is 7.34. The average Bonchev–Trinajstić information content (AvgIpc) is 3.42. The molecule has 0 unspecified atom stereocenters. The summed E-state index contributed by atoms with van der Waals surface area (Å²) in [7, 11) is 0. The highest BCUT2D eigenvalue weighted by Gasteiger charge is 2.55. The number of likely N-dealkylation sites (tertiary alicyclic amines) is 2. The molecule has 0 spiro atoms. The van der Waals surface area contributed by atoms with Gasteiger partial charge < -0.3 is 24.4 Å². The minimum absolute atomic E-state index is 0.0556. The van der Waals surface area contributed by atoms with E-state index >= 15 is 0 Å². The molecule has 4 aliphatic heterocycles. The molecule has 1 aromatic carbocycles. The number of nitro groups is 1.